The van der Waals surface area contributed by atoms with Gasteiger partial charge in [0.1, 0.15) is 29.9 Å². The van der Waals surface area contributed by atoms with Gasteiger partial charge in [0.2, 0.25) is 0 Å². The van der Waals surface area contributed by atoms with Gasteiger partial charge in [-0.2, -0.15) is 0 Å². The molecule has 3 aromatic rings. The number of ketones is 1. The molecular formula is C27H27NO6. The standard InChI is InChI=1S/C27H27NO6/c1-18-6-3-7-19(16-18)17-34-21-11-9-20(10-12-21)25(29)23-24(22-8-4-15-33-22)28(13-5-14-32-2)27(31)26(23)30/h3-4,6-12,15-16,24,29H,5,13-14,17H2,1-2H3/b25-23+/t24-/m0/s1. The molecule has 1 atom stereocenters. The highest BCUT2D eigenvalue weighted by molar-refractivity contribution is 6.46. The molecular weight excluding hydrogens is 434 g/mol. The maximum absolute atomic E-state index is 12.9. The minimum atomic E-state index is -0.802. The van der Waals surface area contributed by atoms with E-state index >= 15 is 0 Å². The van der Waals surface area contributed by atoms with Crippen molar-refractivity contribution in [2.75, 3.05) is 20.3 Å². The van der Waals surface area contributed by atoms with Gasteiger partial charge < -0.3 is 23.9 Å². The van der Waals surface area contributed by atoms with Gasteiger partial charge in [-0.3, -0.25) is 9.59 Å². The van der Waals surface area contributed by atoms with Crippen LogP contribution in [0.3, 0.4) is 0 Å². The number of ether oxygens (including phenoxy) is 2. The van der Waals surface area contributed by atoms with E-state index in [2.05, 4.69) is 6.07 Å². The first-order chi connectivity index (χ1) is 16.5. The number of methoxy groups -OCH3 is 1. The van der Waals surface area contributed by atoms with Crippen LogP contribution in [0.25, 0.3) is 5.76 Å². The predicted molar refractivity (Wildman–Crippen MR) is 126 cm³/mol. The zero-order valence-electron chi connectivity index (χ0n) is 19.2. The quantitative estimate of drug-likeness (QED) is 0.216. The van der Waals surface area contributed by atoms with Crippen molar-refractivity contribution < 1.29 is 28.6 Å². The largest absolute Gasteiger partial charge is 0.507 e. The Hall–Kier alpha value is -3.84. The third-order valence-corrected chi connectivity index (χ3v) is 5.72. The molecule has 0 spiro atoms. The molecule has 1 amide bonds. The lowest BCUT2D eigenvalue weighted by atomic mass is 9.99. The second kappa shape index (κ2) is 10.4. The number of Topliss-reactive ketones (excluding diaryl/α,β-unsaturated/α-hetero) is 1. The van der Waals surface area contributed by atoms with Gasteiger partial charge in [0, 0.05) is 25.8 Å². The number of likely N-dealkylation sites (tertiary alicyclic amines) is 1. The number of rotatable bonds is 9. The number of nitrogens with zero attached hydrogens (tertiary/aromatic N) is 1. The van der Waals surface area contributed by atoms with Crippen molar-refractivity contribution in [1.29, 1.82) is 0 Å². The lowest BCUT2D eigenvalue weighted by molar-refractivity contribution is -0.140. The van der Waals surface area contributed by atoms with Gasteiger partial charge >= 0.3 is 0 Å². The lowest BCUT2D eigenvalue weighted by Crippen LogP contribution is -2.31. The molecule has 0 radical (unpaired) electrons. The normalized spacial score (nSPS) is 17.4. The van der Waals surface area contributed by atoms with E-state index in [1.807, 2.05) is 25.1 Å². The van der Waals surface area contributed by atoms with Gasteiger partial charge in [-0.1, -0.05) is 29.8 Å². The number of aliphatic hydroxyl groups excluding tert-OH is 1. The second-order valence-corrected chi connectivity index (χ2v) is 8.16. The van der Waals surface area contributed by atoms with Crippen molar-refractivity contribution >= 4 is 17.4 Å². The maximum atomic E-state index is 12.9. The van der Waals surface area contributed by atoms with Crippen LogP contribution in [0.4, 0.5) is 0 Å². The number of benzene rings is 2. The van der Waals surface area contributed by atoms with E-state index in [-0.39, 0.29) is 11.3 Å². The Bertz CT molecular complexity index is 1180. The third-order valence-electron chi connectivity index (χ3n) is 5.72. The molecule has 0 bridgehead atoms. The smallest absolute Gasteiger partial charge is 0.295 e. The molecule has 2 heterocycles. The first-order valence-corrected chi connectivity index (χ1v) is 11.1. The summed E-state index contributed by atoms with van der Waals surface area (Å²) in [6, 6.07) is 17.4. The van der Waals surface area contributed by atoms with E-state index in [4.69, 9.17) is 13.9 Å². The van der Waals surface area contributed by atoms with Crippen LogP contribution in [-0.2, 0) is 20.9 Å². The van der Waals surface area contributed by atoms with Gasteiger partial charge in [0.15, 0.2) is 0 Å². The van der Waals surface area contributed by atoms with Gasteiger partial charge in [-0.15, -0.1) is 0 Å². The van der Waals surface area contributed by atoms with Gasteiger partial charge in [0.05, 0.1) is 11.8 Å². The molecule has 4 rings (SSSR count). The summed E-state index contributed by atoms with van der Waals surface area (Å²) in [7, 11) is 1.58. The zero-order chi connectivity index (χ0) is 24.1. The van der Waals surface area contributed by atoms with Crippen LogP contribution in [-0.4, -0.2) is 42.0 Å². The summed E-state index contributed by atoms with van der Waals surface area (Å²) in [4.78, 5) is 27.1. The molecule has 2 aromatic carbocycles. The molecule has 1 saturated heterocycles. The van der Waals surface area contributed by atoms with Crippen LogP contribution in [0, 0.1) is 6.92 Å². The lowest BCUT2D eigenvalue weighted by Gasteiger charge is -2.23. The van der Waals surface area contributed by atoms with Crippen molar-refractivity contribution in [2.45, 2.75) is 26.0 Å². The van der Waals surface area contributed by atoms with Gasteiger partial charge in [-0.25, -0.2) is 0 Å². The molecule has 0 unspecified atom stereocenters. The molecule has 1 aliphatic heterocycles. The summed E-state index contributed by atoms with van der Waals surface area (Å²) < 4.78 is 16.4. The van der Waals surface area contributed by atoms with E-state index in [1.165, 1.54) is 11.2 Å². The third kappa shape index (κ3) is 4.89. The first kappa shape index (κ1) is 23.3. The number of furan rings is 1. The molecule has 0 aliphatic carbocycles. The van der Waals surface area contributed by atoms with Crippen molar-refractivity contribution in [3.05, 3.63) is 95.0 Å². The average Bonchev–Trinajstić information content (AvgIpc) is 3.45. The number of amides is 1. The monoisotopic (exact) mass is 461 g/mol. The van der Waals surface area contributed by atoms with Crippen molar-refractivity contribution in [1.82, 2.24) is 4.90 Å². The van der Waals surface area contributed by atoms with E-state index in [1.54, 1.807) is 43.5 Å². The van der Waals surface area contributed by atoms with Crippen molar-refractivity contribution in [3.8, 4) is 5.75 Å². The Kier molecular flexibility index (Phi) is 7.13. The molecule has 1 aromatic heterocycles. The summed E-state index contributed by atoms with van der Waals surface area (Å²) in [5, 5.41) is 11.1. The predicted octanol–water partition coefficient (Wildman–Crippen LogP) is 4.63. The molecule has 176 valence electrons. The molecule has 1 fully saturated rings. The Balaban J connectivity index is 1.59. The van der Waals surface area contributed by atoms with E-state index in [0.717, 1.165) is 11.1 Å². The number of carbonyl (C=O) groups excluding carboxylic acids is 2. The number of carbonyl (C=O) groups is 2. The van der Waals surface area contributed by atoms with Crippen LogP contribution in [0.5, 0.6) is 5.75 Å². The Morgan fingerprint density at radius 2 is 1.88 bits per heavy atom. The fraction of sp³-hybridized carbons (Fsp3) is 0.259. The van der Waals surface area contributed by atoms with Crippen LogP contribution < -0.4 is 4.74 Å². The molecule has 7 nitrogen and oxygen atoms in total. The van der Waals surface area contributed by atoms with Crippen LogP contribution in [0.15, 0.2) is 76.9 Å². The topological polar surface area (TPSA) is 89.2 Å². The summed E-state index contributed by atoms with van der Waals surface area (Å²) in [6.45, 7) is 3.18. The Morgan fingerprint density at radius 3 is 2.56 bits per heavy atom. The molecule has 1 aliphatic rings. The number of hydrogen-bond donors (Lipinski definition) is 1. The second-order valence-electron chi connectivity index (χ2n) is 8.16. The maximum Gasteiger partial charge on any atom is 0.295 e. The van der Waals surface area contributed by atoms with Gasteiger partial charge in [-0.05, 0) is 55.3 Å². The Labute approximate surface area is 198 Å². The minimum absolute atomic E-state index is 0.00537. The highest BCUT2D eigenvalue weighted by Crippen LogP contribution is 2.39. The average molecular weight is 462 g/mol. The fourth-order valence-electron chi connectivity index (χ4n) is 4.07. The zero-order valence-corrected chi connectivity index (χ0v) is 19.2. The summed E-state index contributed by atoms with van der Waals surface area (Å²) in [6.07, 6.45) is 2.03. The van der Waals surface area contributed by atoms with Crippen LogP contribution >= 0.6 is 0 Å². The summed E-state index contributed by atoms with van der Waals surface area (Å²) in [5.41, 5.74) is 2.63. The van der Waals surface area contributed by atoms with Crippen LogP contribution in [0.1, 0.15) is 34.9 Å². The first-order valence-electron chi connectivity index (χ1n) is 11.1. The summed E-state index contributed by atoms with van der Waals surface area (Å²) >= 11 is 0. The van der Waals surface area contributed by atoms with Crippen LogP contribution in [0.2, 0.25) is 0 Å². The van der Waals surface area contributed by atoms with E-state index in [9.17, 15) is 14.7 Å². The number of aryl methyl sites for hydroxylation is 1. The molecule has 7 heteroatoms. The minimum Gasteiger partial charge on any atom is -0.507 e. The molecule has 0 saturated carbocycles. The van der Waals surface area contributed by atoms with E-state index in [0.29, 0.717) is 43.3 Å². The highest BCUT2D eigenvalue weighted by atomic mass is 16.5. The molecule has 1 N–H and O–H groups in total. The number of aliphatic hydroxyl groups is 1. The number of hydrogen-bond acceptors (Lipinski definition) is 6. The SMILES string of the molecule is COCCCN1C(=O)C(=O)/C(=C(/O)c2ccc(OCc3cccc(C)c3)cc2)[C@@H]1c1ccco1. The van der Waals surface area contributed by atoms with E-state index < -0.39 is 17.7 Å². The summed E-state index contributed by atoms with van der Waals surface area (Å²) in [5.74, 6) is -0.621. The highest BCUT2D eigenvalue weighted by Gasteiger charge is 2.47. The fourth-order valence-corrected chi connectivity index (χ4v) is 4.07. The van der Waals surface area contributed by atoms with Crippen molar-refractivity contribution in [3.63, 3.8) is 0 Å². The Morgan fingerprint density at radius 1 is 1.09 bits per heavy atom. The molecule has 34 heavy (non-hydrogen) atoms. The van der Waals surface area contributed by atoms with Crippen molar-refractivity contribution in [2.24, 2.45) is 0 Å². The van der Waals surface area contributed by atoms with Gasteiger partial charge in [0.25, 0.3) is 11.7 Å².